The number of halogens is 1. The molecule has 0 aromatic carbocycles. The molecule has 0 bridgehead atoms. The highest BCUT2D eigenvalue weighted by Gasteiger charge is 2.12. The van der Waals surface area contributed by atoms with E-state index in [2.05, 4.69) is 51.6 Å². The maximum Gasteiger partial charge on any atom is 0.0882 e. The molecule has 1 atom stereocenters. The fourth-order valence-electron chi connectivity index (χ4n) is 1.24. The first kappa shape index (κ1) is 8.87. The fourth-order valence-corrected chi connectivity index (χ4v) is 1.74. The second kappa shape index (κ2) is 3.21. The van der Waals surface area contributed by atoms with E-state index in [9.17, 15) is 0 Å². The lowest BCUT2D eigenvalue weighted by Gasteiger charge is -2.09. The van der Waals surface area contributed by atoms with Crippen LogP contribution in [0.5, 0.6) is 0 Å². The smallest absolute Gasteiger partial charge is 0.0882 e. The molecule has 1 aliphatic rings. The average Bonchev–Trinajstić information content (AvgIpc) is 2.21. The SMILES string of the molecule is CC1(I)C=CN=c2cnccc2=C1. The van der Waals surface area contributed by atoms with Crippen molar-refractivity contribution in [2.75, 3.05) is 0 Å². The van der Waals surface area contributed by atoms with Crippen LogP contribution in [-0.2, 0) is 0 Å². The third-order valence-electron chi connectivity index (χ3n) is 1.88. The molecule has 0 amide bonds. The summed E-state index contributed by atoms with van der Waals surface area (Å²) in [6.07, 6.45) is 9.69. The zero-order chi connectivity index (χ0) is 9.31. The minimum atomic E-state index is 0.0495. The fraction of sp³-hybridized carbons (Fsp3) is 0.200. The van der Waals surface area contributed by atoms with Gasteiger partial charge in [0.05, 0.1) is 15.0 Å². The Bertz CT molecular complexity index is 460. The topological polar surface area (TPSA) is 25.2 Å². The number of pyridine rings is 1. The molecular weight excluding hydrogens is 275 g/mol. The van der Waals surface area contributed by atoms with Crippen LogP contribution in [0, 0.1) is 0 Å². The van der Waals surface area contributed by atoms with Gasteiger partial charge in [0.1, 0.15) is 0 Å². The molecule has 1 aliphatic heterocycles. The lowest BCUT2D eigenvalue weighted by Crippen LogP contribution is -2.26. The van der Waals surface area contributed by atoms with Gasteiger partial charge in [-0.15, -0.1) is 0 Å². The van der Waals surface area contributed by atoms with Crippen LogP contribution in [0.2, 0.25) is 0 Å². The zero-order valence-electron chi connectivity index (χ0n) is 7.24. The number of allylic oxidation sites excluding steroid dienone is 1. The third-order valence-corrected chi connectivity index (χ3v) is 2.56. The zero-order valence-corrected chi connectivity index (χ0v) is 9.39. The van der Waals surface area contributed by atoms with E-state index in [0.29, 0.717) is 0 Å². The number of aromatic nitrogens is 1. The highest BCUT2D eigenvalue weighted by Crippen LogP contribution is 2.21. The van der Waals surface area contributed by atoms with E-state index in [1.54, 1.807) is 12.4 Å². The number of fused-ring (bicyclic) bond motifs is 1. The van der Waals surface area contributed by atoms with Crippen LogP contribution in [0.4, 0.5) is 0 Å². The summed E-state index contributed by atoms with van der Waals surface area (Å²) in [5.74, 6) is 0. The molecule has 0 N–H and O–H groups in total. The summed E-state index contributed by atoms with van der Waals surface area (Å²) in [7, 11) is 0. The standard InChI is InChI=1S/C10H9IN2/c1-10(11)3-5-13-9-7-12-4-2-8(9)6-10/h2-7H,1H3. The van der Waals surface area contributed by atoms with E-state index in [-0.39, 0.29) is 3.42 Å². The van der Waals surface area contributed by atoms with E-state index in [1.807, 2.05) is 12.3 Å². The molecule has 0 fully saturated rings. The minimum absolute atomic E-state index is 0.0495. The van der Waals surface area contributed by atoms with Gasteiger partial charge in [0.2, 0.25) is 0 Å². The Hall–Kier alpha value is -0.710. The van der Waals surface area contributed by atoms with Crippen molar-refractivity contribution in [2.24, 2.45) is 4.99 Å². The summed E-state index contributed by atoms with van der Waals surface area (Å²) in [6, 6.07) is 1.99. The predicted octanol–water partition coefficient (Wildman–Crippen LogP) is 1.20. The van der Waals surface area contributed by atoms with E-state index in [1.165, 1.54) is 0 Å². The predicted molar refractivity (Wildman–Crippen MR) is 61.0 cm³/mol. The Morgan fingerprint density at radius 2 is 2.31 bits per heavy atom. The highest BCUT2D eigenvalue weighted by molar-refractivity contribution is 14.1. The summed E-state index contributed by atoms with van der Waals surface area (Å²) in [6.45, 7) is 2.15. The molecule has 13 heavy (non-hydrogen) atoms. The summed E-state index contributed by atoms with van der Waals surface area (Å²) in [5, 5.41) is 2.09. The Labute approximate surface area is 90.2 Å². The van der Waals surface area contributed by atoms with Crippen molar-refractivity contribution in [3.8, 4) is 0 Å². The van der Waals surface area contributed by atoms with Crippen LogP contribution in [0.3, 0.4) is 0 Å². The van der Waals surface area contributed by atoms with E-state index < -0.39 is 0 Å². The molecule has 0 spiro atoms. The van der Waals surface area contributed by atoms with Crippen LogP contribution in [0.25, 0.3) is 6.08 Å². The first-order valence-corrected chi connectivity index (χ1v) is 5.13. The number of hydrogen-bond donors (Lipinski definition) is 0. The monoisotopic (exact) mass is 284 g/mol. The van der Waals surface area contributed by atoms with Crippen LogP contribution >= 0.6 is 22.6 Å². The highest BCUT2D eigenvalue weighted by atomic mass is 127. The van der Waals surface area contributed by atoms with Crippen molar-refractivity contribution in [1.29, 1.82) is 0 Å². The molecule has 1 aromatic heterocycles. The van der Waals surface area contributed by atoms with Gasteiger partial charge in [0.25, 0.3) is 0 Å². The van der Waals surface area contributed by atoms with Crippen LogP contribution in [0.1, 0.15) is 6.92 Å². The largest absolute Gasteiger partial charge is 0.262 e. The van der Waals surface area contributed by atoms with Gasteiger partial charge < -0.3 is 0 Å². The van der Waals surface area contributed by atoms with Crippen molar-refractivity contribution >= 4 is 28.7 Å². The van der Waals surface area contributed by atoms with Gasteiger partial charge in [-0.1, -0.05) is 28.7 Å². The van der Waals surface area contributed by atoms with E-state index >= 15 is 0 Å². The van der Waals surface area contributed by atoms with Crippen LogP contribution in [0.15, 0.2) is 35.7 Å². The number of hydrogen-bond acceptors (Lipinski definition) is 2. The van der Waals surface area contributed by atoms with E-state index in [0.717, 1.165) is 10.6 Å². The van der Waals surface area contributed by atoms with E-state index in [4.69, 9.17) is 0 Å². The van der Waals surface area contributed by atoms with Gasteiger partial charge in [-0.25, -0.2) is 0 Å². The molecule has 0 saturated heterocycles. The lowest BCUT2D eigenvalue weighted by atomic mass is 10.1. The quantitative estimate of drug-likeness (QED) is 0.519. The lowest BCUT2D eigenvalue weighted by molar-refractivity contribution is 1.11. The van der Waals surface area contributed by atoms with Gasteiger partial charge in [-0.2, -0.15) is 0 Å². The molecule has 2 heterocycles. The molecule has 2 nitrogen and oxygen atoms in total. The van der Waals surface area contributed by atoms with Gasteiger partial charge in [-0.3, -0.25) is 9.98 Å². The van der Waals surface area contributed by atoms with Crippen molar-refractivity contribution in [1.82, 2.24) is 4.98 Å². The molecular formula is C10H9IN2. The summed E-state index contributed by atoms with van der Waals surface area (Å²) in [4.78, 5) is 8.34. The molecule has 66 valence electrons. The summed E-state index contributed by atoms with van der Waals surface area (Å²) >= 11 is 2.39. The molecule has 0 saturated carbocycles. The van der Waals surface area contributed by atoms with Crippen molar-refractivity contribution < 1.29 is 0 Å². The maximum absolute atomic E-state index is 4.30. The Morgan fingerprint density at radius 3 is 3.15 bits per heavy atom. The van der Waals surface area contributed by atoms with Crippen LogP contribution in [-0.4, -0.2) is 8.41 Å². The molecule has 0 aliphatic carbocycles. The van der Waals surface area contributed by atoms with Gasteiger partial charge >= 0.3 is 0 Å². The molecule has 1 aromatic rings. The number of nitrogens with zero attached hydrogens (tertiary/aromatic N) is 2. The second-order valence-corrected chi connectivity index (χ2v) is 5.50. The number of rotatable bonds is 0. The first-order chi connectivity index (χ1) is 6.17. The summed E-state index contributed by atoms with van der Waals surface area (Å²) in [5.41, 5.74) is 0. The normalized spacial score (nSPS) is 25.4. The average molecular weight is 284 g/mol. The van der Waals surface area contributed by atoms with Gasteiger partial charge in [-0.05, 0) is 19.1 Å². The minimum Gasteiger partial charge on any atom is -0.262 e. The molecule has 3 heteroatoms. The second-order valence-electron chi connectivity index (χ2n) is 3.17. The van der Waals surface area contributed by atoms with Crippen molar-refractivity contribution in [2.45, 2.75) is 10.3 Å². The third kappa shape index (κ3) is 1.96. The molecule has 1 unspecified atom stereocenters. The van der Waals surface area contributed by atoms with Crippen molar-refractivity contribution in [3.05, 3.63) is 41.3 Å². The summed E-state index contributed by atoms with van der Waals surface area (Å²) < 4.78 is 0.0495. The van der Waals surface area contributed by atoms with Crippen LogP contribution < -0.4 is 10.6 Å². The Morgan fingerprint density at radius 1 is 1.46 bits per heavy atom. The Balaban J connectivity index is 2.77. The van der Waals surface area contributed by atoms with Gasteiger partial charge in [0, 0.05) is 17.6 Å². The Kier molecular flexibility index (Phi) is 2.19. The maximum atomic E-state index is 4.30. The van der Waals surface area contributed by atoms with Crippen molar-refractivity contribution in [3.63, 3.8) is 0 Å². The molecule has 2 rings (SSSR count). The first-order valence-electron chi connectivity index (χ1n) is 4.05. The van der Waals surface area contributed by atoms with Gasteiger partial charge in [0.15, 0.2) is 0 Å². The number of alkyl halides is 1. The molecule has 0 radical (unpaired) electrons.